The van der Waals surface area contributed by atoms with E-state index in [-0.39, 0.29) is 23.3 Å². The van der Waals surface area contributed by atoms with Crippen LogP contribution in [0.1, 0.15) is 37.4 Å². The number of fused-ring (bicyclic) bond motifs is 1. The molecule has 4 rings (SSSR count). The number of alkyl halides is 1. The molecular formula is C29H35F4N3O2S. The zero-order valence-electron chi connectivity index (χ0n) is 22.5. The number of piperidine rings is 1. The first kappa shape index (κ1) is 29.4. The molecule has 0 bridgehead atoms. The summed E-state index contributed by atoms with van der Waals surface area (Å²) in [5.74, 6) is -1.64. The number of methoxy groups -OCH3 is 1. The summed E-state index contributed by atoms with van der Waals surface area (Å²) in [4.78, 5) is 8.36. The number of hydrogen-bond acceptors (Lipinski definition) is 6. The number of nitrogens with zero attached hydrogens (tertiary/aromatic N) is 3. The second kappa shape index (κ2) is 12.7. The number of aromatic nitrogens is 1. The third-order valence-corrected chi connectivity index (χ3v) is 8.75. The Hall–Kier alpha value is -2.56. The molecule has 3 aromatic rings. The monoisotopic (exact) mass is 565 g/mol. The summed E-state index contributed by atoms with van der Waals surface area (Å²) >= 11 is 1.03. The number of ether oxygens (including phenoxy) is 1. The van der Waals surface area contributed by atoms with Gasteiger partial charge in [-0.3, -0.25) is 4.98 Å². The Morgan fingerprint density at radius 1 is 1.13 bits per heavy atom. The minimum absolute atomic E-state index is 0.0280. The van der Waals surface area contributed by atoms with E-state index in [1.165, 1.54) is 0 Å². The first-order chi connectivity index (χ1) is 18.7. The molecule has 1 atom stereocenters. The highest BCUT2D eigenvalue weighted by atomic mass is 32.2. The zero-order chi connectivity index (χ0) is 28.2. The van der Waals surface area contributed by atoms with Gasteiger partial charge in [-0.25, -0.2) is 17.6 Å². The number of anilines is 1. The Labute approximate surface area is 231 Å². The second-order valence-electron chi connectivity index (χ2n) is 10.4. The van der Waals surface area contributed by atoms with Crippen molar-refractivity contribution in [3.05, 3.63) is 59.5 Å². The van der Waals surface area contributed by atoms with Gasteiger partial charge >= 0.3 is 0 Å². The number of benzene rings is 2. The van der Waals surface area contributed by atoms with Crippen molar-refractivity contribution < 1.29 is 27.4 Å². The van der Waals surface area contributed by atoms with Crippen molar-refractivity contribution >= 4 is 28.4 Å². The van der Waals surface area contributed by atoms with Gasteiger partial charge in [-0.05, 0) is 62.4 Å². The van der Waals surface area contributed by atoms with Gasteiger partial charge in [0.05, 0.1) is 29.4 Å². The third-order valence-electron chi connectivity index (χ3n) is 7.69. The minimum Gasteiger partial charge on any atom is -0.497 e. The average molecular weight is 566 g/mol. The predicted molar refractivity (Wildman–Crippen MR) is 148 cm³/mol. The summed E-state index contributed by atoms with van der Waals surface area (Å²) in [6, 6.07) is 6.83. The lowest BCUT2D eigenvalue weighted by atomic mass is 9.74. The molecule has 5 nitrogen and oxygen atoms in total. The standard InChI is InChI=1S/C29H35F4N3O2S/c1-35(2)26-17-34-25-5-4-20(38-3)16-21(25)27(26)22(31)6-7-29(18-37)8-10-36(11-9-29)12-13-39-28-23(32)14-19(30)15-24(28)33/h4-5,14-17,22,37H,6-13,18H2,1-3H3/t22-/m0/s1. The number of hydrogen-bond donors (Lipinski definition) is 1. The molecule has 0 radical (unpaired) electrons. The van der Waals surface area contributed by atoms with Crippen molar-refractivity contribution in [2.45, 2.75) is 36.8 Å². The highest BCUT2D eigenvalue weighted by Gasteiger charge is 2.35. The summed E-state index contributed by atoms with van der Waals surface area (Å²) in [7, 11) is 5.30. The predicted octanol–water partition coefficient (Wildman–Crippen LogP) is 6.38. The maximum Gasteiger partial charge on any atom is 0.142 e. The Balaban J connectivity index is 1.38. The van der Waals surface area contributed by atoms with Crippen LogP contribution in [0.2, 0.25) is 0 Å². The molecule has 1 aliphatic rings. The average Bonchev–Trinajstić information content (AvgIpc) is 2.92. The van der Waals surface area contributed by atoms with Crippen LogP contribution in [0.4, 0.5) is 23.2 Å². The molecule has 1 saturated heterocycles. The van der Waals surface area contributed by atoms with Crippen LogP contribution < -0.4 is 9.64 Å². The first-order valence-corrected chi connectivity index (χ1v) is 14.0. The minimum atomic E-state index is -1.25. The van der Waals surface area contributed by atoms with E-state index in [2.05, 4.69) is 9.88 Å². The van der Waals surface area contributed by atoms with Crippen molar-refractivity contribution in [3.8, 4) is 5.75 Å². The van der Waals surface area contributed by atoms with Crippen LogP contribution in [0, 0.1) is 22.9 Å². The fourth-order valence-electron chi connectivity index (χ4n) is 5.25. The number of rotatable bonds is 11. The van der Waals surface area contributed by atoms with Crippen molar-refractivity contribution in [2.24, 2.45) is 5.41 Å². The first-order valence-electron chi connectivity index (χ1n) is 13.0. The maximum atomic E-state index is 16.0. The topological polar surface area (TPSA) is 48.8 Å². The maximum absolute atomic E-state index is 16.0. The summed E-state index contributed by atoms with van der Waals surface area (Å²) in [5, 5.41) is 11.0. The fourth-order valence-corrected chi connectivity index (χ4v) is 6.20. The van der Waals surface area contributed by atoms with E-state index in [1.54, 1.807) is 19.4 Å². The summed E-state index contributed by atoms with van der Waals surface area (Å²) < 4.78 is 62.3. The summed E-state index contributed by atoms with van der Waals surface area (Å²) in [5.41, 5.74) is 1.60. The lowest BCUT2D eigenvalue weighted by Crippen LogP contribution is -2.43. The van der Waals surface area contributed by atoms with Gasteiger partial charge in [0.2, 0.25) is 0 Å². The van der Waals surface area contributed by atoms with Crippen molar-refractivity contribution in [1.29, 1.82) is 0 Å². The number of likely N-dealkylation sites (tertiary alicyclic amines) is 1. The molecule has 212 valence electrons. The fraction of sp³-hybridized carbons (Fsp3) is 0.483. The number of halogens is 4. The summed E-state index contributed by atoms with van der Waals surface area (Å²) in [6.07, 6.45) is 2.63. The van der Waals surface area contributed by atoms with Gasteiger partial charge in [-0.15, -0.1) is 11.8 Å². The van der Waals surface area contributed by atoms with Crippen LogP contribution >= 0.6 is 11.8 Å². The Morgan fingerprint density at radius 2 is 1.82 bits per heavy atom. The molecule has 1 aromatic heterocycles. The highest BCUT2D eigenvalue weighted by Crippen LogP contribution is 2.42. The smallest absolute Gasteiger partial charge is 0.142 e. The number of pyridine rings is 1. The van der Waals surface area contributed by atoms with Gasteiger partial charge < -0.3 is 19.6 Å². The van der Waals surface area contributed by atoms with Crippen LogP contribution in [-0.4, -0.2) is 68.2 Å². The number of thioether (sulfide) groups is 1. The molecule has 39 heavy (non-hydrogen) atoms. The Bertz CT molecular complexity index is 1260. The molecule has 0 aliphatic carbocycles. The van der Waals surface area contributed by atoms with Crippen LogP contribution in [-0.2, 0) is 0 Å². The molecule has 2 aromatic carbocycles. The SMILES string of the molecule is COc1ccc2ncc(N(C)C)c([C@@H](F)CCC3(CO)CCN(CCSc4c(F)cc(F)cc4F)CC3)c2c1. The van der Waals surface area contributed by atoms with Crippen molar-refractivity contribution in [1.82, 2.24) is 9.88 Å². The Morgan fingerprint density at radius 3 is 2.44 bits per heavy atom. The lowest BCUT2D eigenvalue weighted by Gasteiger charge is -2.41. The van der Waals surface area contributed by atoms with Crippen molar-refractivity contribution in [3.63, 3.8) is 0 Å². The molecule has 2 heterocycles. The van der Waals surface area contributed by atoms with Crippen molar-refractivity contribution in [2.75, 3.05) is 58.1 Å². The van der Waals surface area contributed by atoms with E-state index >= 15 is 4.39 Å². The van der Waals surface area contributed by atoms with E-state index in [0.717, 1.165) is 11.8 Å². The van der Waals surface area contributed by atoms with Gasteiger partial charge in [-0.2, -0.15) is 0 Å². The highest BCUT2D eigenvalue weighted by molar-refractivity contribution is 7.99. The van der Waals surface area contributed by atoms with E-state index in [1.807, 2.05) is 31.1 Å². The molecule has 0 spiro atoms. The number of aliphatic hydroxyl groups excluding tert-OH is 1. The summed E-state index contributed by atoms with van der Waals surface area (Å²) in [6.45, 7) is 1.97. The molecule has 10 heteroatoms. The van der Waals surface area contributed by atoms with Gasteiger partial charge in [0.25, 0.3) is 0 Å². The quantitative estimate of drug-likeness (QED) is 0.215. The normalized spacial score (nSPS) is 16.4. The van der Waals surface area contributed by atoms with E-state index in [4.69, 9.17) is 4.74 Å². The lowest BCUT2D eigenvalue weighted by molar-refractivity contribution is 0.0323. The van der Waals surface area contributed by atoms with Crippen LogP contribution in [0.3, 0.4) is 0 Å². The van der Waals surface area contributed by atoms with E-state index in [0.29, 0.717) is 84.7 Å². The largest absolute Gasteiger partial charge is 0.497 e. The van der Waals surface area contributed by atoms with Gasteiger partial charge in [-0.1, -0.05) is 0 Å². The van der Waals surface area contributed by atoms with Gasteiger partial charge in [0.15, 0.2) is 0 Å². The zero-order valence-corrected chi connectivity index (χ0v) is 23.3. The number of aliphatic hydroxyl groups is 1. The molecule has 1 aliphatic heterocycles. The van der Waals surface area contributed by atoms with Gasteiger partial charge in [0, 0.05) is 56.1 Å². The van der Waals surface area contributed by atoms with Crippen LogP contribution in [0.15, 0.2) is 41.4 Å². The van der Waals surface area contributed by atoms with Crippen LogP contribution in [0.25, 0.3) is 10.9 Å². The Kier molecular flexibility index (Phi) is 9.61. The molecule has 0 amide bonds. The van der Waals surface area contributed by atoms with Gasteiger partial charge in [0.1, 0.15) is 29.4 Å². The molecule has 0 saturated carbocycles. The van der Waals surface area contributed by atoms with Crippen LogP contribution in [0.5, 0.6) is 5.75 Å². The van der Waals surface area contributed by atoms with E-state index in [9.17, 15) is 18.3 Å². The molecule has 0 unspecified atom stereocenters. The second-order valence-corrected chi connectivity index (χ2v) is 11.5. The molecule has 1 fully saturated rings. The molecule has 1 N–H and O–H groups in total. The third kappa shape index (κ3) is 6.78. The molecular weight excluding hydrogens is 530 g/mol. The van der Waals surface area contributed by atoms with E-state index < -0.39 is 23.6 Å².